The smallest absolute Gasteiger partial charge is 0.245 e. The van der Waals surface area contributed by atoms with Crippen LogP contribution in [-0.2, 0) is 20.7 Å². The van der Waals surface area contributed by atoms with Crippen LogP contribution in [0.25, 0.3) is 0 Å². The van der Waals surface area contributed by atoms with E-state index in [0.29, 0.717) is 18.3 Å². The number of unbranched alkanes of at least 4 members (excludes halogenated alkanes) is 1. The molecule has 23 heavy (non-hydrogen) atoms. The average Bonchev–Trinajstić information content (AvgIpc) is 3.18. The van der Waals surface area contributed by atoms with Crippen molar-refractivity contribution >= 4 is 17.8 Å². The summed E-state index contributed by atoms with van der Waals surface area (Å²) in [5.41, 5.74) is 0. The minimum Gasteiger partial charge on any atom is -0.376 e. The molecule has 2 amide bonds. The van der Waals surface area contributed by atoms with Crippen molar-refractivity contribution in [3.05, 3.63) is 5.82 Å². The summed E-state index contributed by atoms with van der Waals surface area (Å²) in [6, 6.07) is -0.636. The van der Waals surface area contributed by atoms with Crippen LogP contribution in [0.5, 0.6) is 0 Å². The number of amides is 2. The van der Waals surface area contributed by atoms with Crippen LogP contribution in [0.15, 0.2) is 0 Å². The minimum atomic E-state index is -0.636. The van der Waals surface area contributed by atoms with Gasteiger partial charge in [-0.25, -0.2) is 4.68 Å². The van der Waals surface area contributed by atoms with Gasteiger partial charge in [-0.3, -0.25) is 14.9 Å². The number of carbonyl (C=O) groups is 2. The third-order valence-electron chi connectivity index (χ3n) is 4.18. The van der Waals surface area contributed by atoms with Gasteiger partial charge in [-0.05, 0) is 19.3 Å². The molecule has 0 saturated carbocycles. The van der Waals surface area contributed by atoms with Gasteiger partial charge in [0.05, 0.1) is 12.5 Å². The van der Waals surface area contributed by atoms with E-state index in [4.69, 9.17) is 4.74 Å². The molecule has 1 aromatic heterocycles. The molecule has 0 bridgehead atoms. The number of rotatable bonds is 6. The van der Waals surface area contributed by atoms with E-state index in [2.05, 4.69) is 27.6 Å². The number of carbonyl (C=O) groups excluding carboxylic acids is 2. The lowest BCUT2D eigenvalue weighted by Gasteiger charge is -2.23. The van der Waals surface area contributed by atoms with Crippen molar-refractivity contribution in [2.75, 3.05) is 18.5 Å². The molecule has 2 N–H and O–H groups in total. The van der Waals surface area contributed by atoms with Crippen LogP contribution < -0.4 is 10.6 Å². The highest BCUT2D eigenvalue weighted by molar-refractivity contribution is 5.96. The van der Waals surface area contributed by atoms with Crippen LogP contribution in [0.3, 0.4) is 0 Å². The van der Waals surface area contributed by atoms with Gasteiger partial charge in [0.25, 0.3) is 0 Å². The number of nitrogens with zero attached hydrogens (tertiary/aromatic N) is 3. The number of aromatic nitrogens is 3. The summed E-state index contributed by atoms with van der Waals surface area (Å²) in [4.78, 5) is 28.6. The first-order chi connectivity index (χ1) is 11.2. The van der Waals surface area contributed by atoms with Crippen LogP contribution in [0, 0.1) is 0 Å². The maximum absolute atomic E-state index is 12.5. The lowest BCUT2D eigenvalue weighted by molar-refractivity contribution is -0.129. The molecule has 1 aromatic rings. The van der Waals surface area contributed by atoms with Gasteiger partial charge in [0.1, 0.15) is 6.04 Å². The van der Waals surface area contributed by atoms with E-state index in [-0.39, 0.29) is 24.3 Å². The Labute approximate surface area is 135 Å². The second-order valence-electron chi connectivity index (χ2n) is 6.05. The highest BCUT2D eigenvalue weighted by atomic mass is 16.5. The summed E-state index contributed by atoms with van der Waals surface area (Å²) >= 11 is 0. The van der Waals surface area contributed by atoms with E-state index in [1.54, 1.807) is 0 Å². The lowest BCUT2D eigenvalue weighted by Crippen LogP contribution is -2.41. The molecule has 0 radical (unpaired) electrons. The minimum absolute atomic E-state index is 0.0756. The van der Waals surface area contributed by atoms with Gasteiger partial charge < -0.3 is 10.1 Å². The molecular formula is C15H23N5O3. The second-order valence-corrected chi connectivity index (χ2v) is 6.05. The first kappa shape index (κ1) is 15.9. The molecule has 8 nitrogen and oxygen atoms in total. The summed E-state index contributed by atoms with van der Waals surface area (Å²) in [5.74, 6) is 0.623. The van der Waals surface area contributed by atoms with Gasteiger partial charge in [0.2, 0.25) is 17.8 Å². The van der Waals surface area contributed by atoms with Crippen molar-refractivity contribution < 1.29 is 14.3 Å². The highest BCUT2D eigenvalue weighted by Crippen LogP contribution is 2.23. The SMILES string of the molecule is CCCCc1nc2n(n1)C(C(=O)NCC1CCCO1)CC(=O)N2. The van der Waals surface area contributed by atoms with E-state index < -0.39 is 6.04 Å². The molecule has 3 heterocycles. The molecule has 1 saturated heterocycles. The van der Waals surface area contributed by atoms with Gasteiger partial charge in [-0.1, -0.05) is 13.3 Å². The highest BCUT2D eigenvalue weighted by Gasteiger charge is 2.33. The Morgan fingerprint density at radius 2 is 2.39 bits per heavy atom. The zero-order chi connectivity index (χ0) is 16.2. The number of hydrogen-bond acceptors (Lipinski definition) is 5. The van der Waals surface area contributed by atoms with Crippen LogP contribution in [0.1, 0.15) is 50.9 Å². The van der Waals surface area contributed by atoms with Crippen molar-refractivity contribution in [3.63, 3.8) is 0 Å². The lowest BCUT2D eigenvalue weighted by atomic mass is 10.1. The second kappa shape index (κ2) is 7.08. The van der Waals surface area contributed by atoms with Crippen LogP contribution in [0.2, 0.25) is 0 Å². The van der Waals surface area contributed by atoms with Gasteiger partial charge in [0.15, 0.2) is 5.82 Å². The number of nitrogens with one attached hydrogen (secondary N) is 2. The van der Waals surface area contributed by atoms with Crippen molar-refractivity contribution in [2.45, 2.75) is 57.6 Å². The fourth-order valence-electron chi connectivity index (χ4n) is 2.89. The molecule has 0 spiro atoms. The Morgan fingerprint density at radius 1 is 1.52 bits per heavy atom. The Balaban J connectivity index is 1.68. The Hall–Kier alpha value is -1.96. The van der Waals surface area contributed by atoms with E-state index in [0.717, 1.165) is 38.7 Å². The standard InChI is InChI=1S/C15H23N5O3/c1-2-3-6-12-17-15-18-13(21)8-11(20(15)19-12)14(22)16-9-10-5-4-7-23-10/h10-11H,2-9H2,1H3,(H,16,22)(H,17,18,19,21). The Bertz CT molecular complexity index is 580. The molecule has 0 aliphatic carbocycles. The molecule has 2 aliphatic heterocycles. The fourth-order valence-corrected chi connectivity index (χ4v) is 2.89. The first-order valence-electron chi connectivity index (χ1n) is 8.32. The van der Waals surface area contributed by atoms with Gasteiger partial charge in [-0.15, -0.1) is 0 Å². The average molecular weight is 321 g/mol. The summed E-state index contributed by atoms with van der Waals surface area (Å²) < 4.78 is 7.04. The topological polar surface area (TPSA) is 98.1 Å². The molecular weight excluding hydrogens is 298 g/mol. The zero-order valence-electron chi connectivity index (χ0n) is 13.4. The maximum Gasteiger partial charge on any atom is 0.245 e. The van der Waals surface area contributed by atoms with Crippen LogP contribution >= 0.6 is 0 Å². The zero-order valence-corrected chi connectivity index (χ0v) is 13.4. The van der Waals surface area contributed by atoms with Gasteiger partial charge in [0, 0.05) is 19.6 Å². The number of fused-ring (bicyclic) bond motifs is 1. The normalized spacial score (nSPS) is 23.4. The van der Waals surface area contributed by atoms with Crippen molar-refractivity contribution in [2.24, 2.45) is 0 Å². The summed E-state index contributed by atoms with van der Waals surface area (Å²) in [6.07, 6.45) is 4.92. The quantitative estimate of drug-likeness (QED) is 0.807. The Morgan fingerprint density at radius 3 is 3.13 bits per heavy atom. The summed E-state index contributed by atoms with van der Waals surface area (Å²) in [6.45, 7) is 3.32. The maximum atomic E-state index is 12.5. The number of ether oxygens (including phenoxy) is 1. The molecule has 1 fully saturated rings. The monoisotopic (exact) mass is 321 g/mol. The summed E-state index contributed by atoms with van der Waals surface area (Å²) in [5, 5.41) is 9.96. The first-order valence-corrected chi connectivity index (χ1v) is 8.32. The number of hydrogen-bond donors (Lipinski definition) is 2. The largest absolute Gasteiger partial charge is 0.376 e. The predicted molar refractivity (Wildman–Crippen MR) is 82.9 cm³/mol. The molecule has 126 valence electrons. The third-order valence-corrected chi connectivity index (χ3v) is 4.18. The van der Waals surface area contributed by atoms with Crippen molar-refractivity contribution in [3.8, 4) is 0 Å². The van der Waals surface area contributed by atoms with Crippen LogP contribution in [-0.4, -0.2) is 45.8 Å². The molecule has 3 rings (SSSR count). The van der Waals surface area contributed by atoms with Gasteiger partial charge in [-0.2, -0.15) is 10.1 Å². The van der Waals surface area contributed by atoms with E-state index in [1.165, 1.54) is 4.68 Å². The molecule has 2 atom stereocenters. The van der Waals surface area contributed by atoms with Gasteiger partial charge >= 0.3 is 0 Å². The predicted octanol–water partition coefficient (Wildman–Crippen LogP) is 0.799. The molecule has 0 aromatic carbocycles. The number of aryl methyl sites for hydroxylation is 1. The summed E-state index contributed by atoms with van der Waals surface area (Å²) in [7, 11) is 0. The molecule has 8 heteroatoms. The number of anilines is 1. The van der Waals surface area contributed by atoms with E-state index >= 15 is 0 Å². The van der Waals surface area contributed by atoms with E-state index in [9.17, 15) is 9.59 Å². The van der Waals surface area contributed by atoms with Crippen LogP contribution in [0.4, 0.5) is 5.95 Å². The molecule has 2 aliphatic rings. The Kier molecular flexibility index (Phi) is 4.90. The third kappa shape index (κ3) is 3.69. The fraction of sp³-hybridized carbons (Fsp3) is 0.733. The van der Waals surface area contributed by atoms with Crippen molar-refractivity contribution in [1.29, 1.82) is 0 Å². The van der Waals surface area contributed by atoms with E-state index in [1.807, 2.05) is 0 Å². The molecule has 2 unspecified atom stereocenters. The van der Waals surface area contributed by atoms with Crippen molar-refractivity contribution in [1.82, 2.24) is 20.1 Å².